The van der Waals surface area contributed by atoms with Crippen molar-refractivity contribution in [2.45, 2.75) is 6.61 Å². The van der Waals surface area contributed by atoms with Gasteiger partial charge in [-0.05, 0) is 6.07 Å². The summed E-state index contributed by atoms with van der Waals surface area (Å²) >= 11 is 0. The van der Waals surface area contributed by atoms with Crippen LogP contribution in [0.5, 0.6) is 0 Å². The fraction of sp³-hybridized carbons (Fsp3) is 0.375. The minimum atomic E-state index is 0.601. The van der Waals surface area contributed by atoms with Crippen molar-refractivity contribution in [2.24, 2.45) is 0 Å². The van der Waals surface area contributed by atoms with Gasteiger partial charge < -0.3 is 10.1 Å². The van der Waals surface area contributed by atoms with E-state index in [0.29, 0.717) is 6.61 Å². The van der Waals surface area contributed by atoms with Crippen molar-refractivity contribution in [3.63, 3.8) is 0 Å². The molecule has 0 aliphatic carbocycles. The number of nitrogens with zero attached hydrogens (tertiary/aromatic N) is 1. The standard InChI is InChI=1S/C8H12N2O/c1-9-8-7(6-11-2)4-3-5-10-8/h3-5H,6H2,1-2H3,(H,9,10). The number of hydrogen-bond acceptors (Lipinski definition) is 3. The Hall–Kier alpha value is -1.09. The SMILES string of the molecule is CNc1ncccc1COC. The van der Waals surface area contributed by atoms with Crippen molar-refractivity contribution >= 4 is 5.82 Å². The van der Waals surface area contributed by atoms with E-state index in [2.05, 4.69) is 10.3 Å². The summed E-state index contributed by atoms with van der Waals surface area (Å²) in [6.07, 6.45) is 1.75. The summed E-state index contributed by atoms with van der Waals surface area (Å²) in [5, 5.41) is 2.99. The van der Waals surface area contributed by atoms with Gasteiger partial charge in [0.05, 0.1) is 6.61 Å². The molecule has 0 saturated carbocycles. The van der Waals surface area contributed by atoms with E-state index in [1.165, 1.54) is 0 Å². The van der Waals surface area contributed by atoms with Gasteiger partial charge in [0.25, 0.3) is 0 Å². The minimum absolute atomic E-state index is 0.601. The molecule has 0 amide bonds. The molecule has 0 bridgehead atoms. The lowest BCUT2D eigenvalue weighted by molar-refractivity contribution is 0.185. The quantitative estimate of drug-likeness (QED) is 0.708. The van der Waals surface area contributed by atoms with Crippen molar-refractivity contribution in [1.82, 2.24) is 4.98 Å². The zero-order chi connectivity index (χ0) is 8.10. The maximum Gasteiger partial charge on any atom is 0.131 e. The molecule has 0 saturated heterocycles. The second-order valence-corrected chi connectivity index (χ2v) is 2.19. The van der Waals surface area contributed by atoms with Crippen LogP contribution in [0.4, 0.5) is 5.82 Å². The van der Waals surface area contributed by atoms with Crippen LogP contribution in [-0.4, -0.2) is 19.1 Å². The molecule has 3 heteroatoms. The summed E-state index contributed by atoms with van der Waals surface area (Å²) < 4.78 is 4.99. The van der Waals surface area contributed by atoms with Crippen LogP contribution in [0, 0.1) is 0 Å². The van der Waals surface area contributed by atoms with Gasteiger partial charge in [-0.1, -0.05) is 6.07 Å². The molecule has 1 N–H and O–H groups in total. The van der Waals surface area contributed by atoms with E-state index >= 15 is 0 Å². The Morgan fingerprint density at radius 2 is 2.45 bits per heavy atom. The van der Waals surface area contributed by atoms with Gasteiger partial charge in [0.2, 0.25) is 0 Å². The number of ether oxygens (including phenoxy) is 1. The third kappa shape index (κ3) is 1.91. The van der Waals surface area contributed by atoms with E-state index in [1.807, 2.05) is 19.2 Å². The third-order valence-corrected chi connectivity index (χ3v) is 1.43. The summed E-state index contributed by atoms with van der Waals surface area (Å²) in [5.41, 5.74) is 1.08. The van der Waals surface area contributed by atoms with Gasteiger partial charge in [0.1, 0.15) is 5.82 Å². The lowest BCUT2D eigenvalue weighted by Crippen LogP contribution is -1.98. The molecule has 1 aromatic rings. The highest BCUT2D eigenvalue weighted by Gasteiger charge is 1.98. The molecule has 0 fully saturated rings. The van der Waals surface area contributed by atoms with Crippen molar-refractivity contribution in [1.29, 1.82) is 0 Å². The van der Waals surface area contributed by atoms with Gasteiger partial charge in [-0.25, -0.2) is 4.98 Å². The van der Waals surface area contributed by atoms with Crippen LogP contribution >= 0.6 is 0 Å². The number of aromatic nitrogens is 1. The fourth-order valence-electron chi connectivity index (χ4n) is 0.936. The minimum Gasteiger partial charge on any atom is -0.380 e. The van der Waals surface area contributed by atoms with Gasteiger partial charge in [-0.15, -0.1) is 0 Å². The molecule has 0 aromatic carbocycles. The number of methoxy groups -OCH3 is 1. The molecular formula is C8H12N2O. The van der Waals surface area contributed by atoms with Gasteiger partial charge in [0.15, 0.2) is 0 Å². The Morgan fingerprint density at radius 1 is 1.64 bits per heavy atom. The summed E-state index contributed by atoms with van der Waals surface area (Å²) in [5.74, 6) is 0.884. The molecule has 60 valence electrons. The van der Waals surface area contributed by atoms with E-state index in [0.717, 1.165) is 11.4 Å². The van der Waals surface area contributed by atoms with E-state index in [1.54, 1.807) is 13.3 Å². The Bertz CT molecular complexity index is 225. The summed E-state index contributed by atoms with van der Waals surface area (Å²) in [4.78, 5) is 4.12. The Morgan fingerprint density at radius 3 is 3.09 bits per heavy atom. The smallest absolute Gasteiger partial charge is 0.131 e. The molecular weight excluding hydrogens is 140 g/mol. The van der Waals surface area contributed by atoms with Crippen LogP contribution in [0.15, 0.2) is 18.3 Å². The maximum atomic E-state index is 4.99. The molecule has 0 atom stereocenters. The van der Waals surface area contributed by atoms with E-state index < -0.39 is 0 Å². The van der Waals surface area contributed by atoms with Gasteiger partial charge >= 0.3 is 0 Å². The van der Waals surface area contributed by atoms with Crippen LogP contribution in [-0.2, 0) is 11.3 Å². The van der Waals surface area contributed by atoms with Crippen LogP contribution in [0.25, 0.3) is 0 Å². The first-order valence-electron chi connectivity index (χ1n) is 3.49. The lowest BCUT2D eigenvalue weighted by Gasteiger charge is -2.05. The molecule has 1 rings (SSSR count). The van der Waals surface area contributed by atoms with Crippen LogP contribution in [0.1, 0.15) is 5.56 Å². The Balaban J connectivity index is 2.83. The van der Waals surface area contributed by atoms with Crippen LogP contribution in [0.2, 0.25) is 0 Å². The van der Waals surface area contributed by atoms with Crippen molar-refractivity contribution in [3.05, 3.63) is 23.9 Å². The van der Waals surface area contributed by atoms with E-state index in [9.17, 15) is 0 Å². The molecule has 0 aliphatic heterocycles. The summed E-state index contributed by atoms with van der Waals surface area (Å²) in [6.45, 7) is 0.601. The average Bonchev–Trinajstić information content (AvgIpc) is 2.06. The highest BCUT2D eigenvalue weighted by molar-refractivity contribution is 5.42. The predicted octanol–water partition coefficient (Wildman–Crippen LogP) is 1.27. The Labute approximate surface area is 66.4 Å². The number of rotatable bonds is 3. The maximum absolute atomic E-state index is 4.99. The first-order valence-corrected chi connectivity index (χ1v) is 3.49. The van der Waals surface area contributed by atoms with Gasteiger partial charge in [-0.3, -0.25) is 0 Å². The first kappa shape index (κ1) is 8.01. The van der Waals surface area contributed by atoms with Crippen LogP contribution < -0.4 is 5.32 Å². The number of anilines is 1. The summed E-state index contributed by atoms with van der Waals surface area (Å²) in [6, 6.07) is 3.89. The van der Waals surface area contributed by atoms with E-state index in [-0.39, 0.29) is 0 Å². The van der Waals surface area contributed by atoms with Crippen molar-refractivity contribution in [2.75, 3.05) is 19.5 Å². The van der Waals surface area contributed by atoms with E-state index in [4.69, 9.17) is 4.74 Å². The molecule has 1 aromatic heterocycles. The topological polar surface area (TPSA) is 34.2 Å². The average molecular weight is 152 g/mol. The highest BCUT2D eigenvalue weighted by atomic mass is 16.5. The number of hydrogen-bond donors (Lipinski definition) is 1. The molecule has 3 nitrogen and oxygen atoms in total. The Kier molecular flexibility index (Phi) is 2.86. The largest absolute Gasteiger partial charge is 0.380 e. The molecule has 0 aliphatic rings. The van der Waals surface area contributed by atoms with Crippen molar-refractivity contribution < 1.29 is 4.74 Å². The zero-order valence-corrected chi connectivity index (χ0v) is 6.79. The fourth-order valence-corrected chi connectivity index (χ4v) is 0.936. The van der Waals surface area contributed by atoms with Crippen molar-refractivity contribution in [3.8, 4) is 0 Å². The second kappa shape index (κ2) is 3.93. The monoisotopic (exact) mass is 152 g/mol. The molecule has 1 heterocycles. The first-order chi connectivity index (χ1) is 5.38. The predicted molar refractivity (Wildman–Crippen MR) is 44.5 cm³/mol. The number of nitrogens with one attached hydrogen (secondary N) is 1. The molecule has 0 unspecified atom stereocenters. The highest BCUT2D eigenvalue weighted by Crippen LogP contribution is 2.10. The number of pyridine rings is 1. The van der Waals surface area contributed by atoms with Gasteiger partial charge in [-0.2, -0.15) is 0 Å². The second-order valence-electron chi connectivity index (χ2n) is 2.19. The van der Waals surface area contributed by atoms with Gasteiger partial charge in [0, 0.05) is 25.9 Å². The third-order valence-electron chi connectivity index (χ3n) is 1.43. The van der Waals surface area contributed by atoms with Crippen LogP contribution in [0.3, 0.4) is 0 Å². The molecule has 0 radical (unpaired) electrons. The summed E-state index contributed by atoms with van der Waals surface area (Å²) in [7, 11) is 3.52. The molecule has 0 spiro atoms. The normalized spacial score (nSPS) is 9.64. The lowest BCUT2D eigenvalue weighted by atomic mass is 10.3. The molecule has 11 heavy (non-hydrogen) atoms. The zero-order valence-electron chi connectivity index (χ0n) is 6.79.